The van der Waals surface area contributed by atoms with Gasteiger partial charge in [0.05, 0.1) is 18.2 Å². The molecule has 0 aromatic carbocycles. The Balaban J connectivity index is 2.63. The molecule has 0 saturated carbocycles. The van der Waals surface area contributed by atoms with Gasteiger partial charge in [-0.05, 0) is 52.2 Å². The predicted molar refractivity (Wildman–Crippen MR) is 112 cm³/mol. The van der Waals surface area contributed by atoms with Crippen LogP contribution in [-0.4, -0.2) is 58.8 Å². The lowest BCUT2D eigenvalue weighted by molar-refractivity contribution is -0.121. The van der Waals surface area contributed by atoms with Gasteiger partial charge in [0.15, 0.2) is 5.78 Å². The number of nitrogens with two attached hydrogens (primary N) is 2. The Bertz CT molecular complexity index is 766. The van der Waals surface area contributed by atoms with Gasteiger partial charge < -0.3 is 21.2 Å². The number of rotatable bonds is 11. The fourth-order valence-corrected chi connectivity index (χ4v) is 2.46. The molecule has 1 aromatic rings. The third-order valence-electron chi connectivity index (χ3n) is 3.82. The number of alkyl carbamates (subject to hydrolysis) is 1. The summed E-state index contributed by atoms with van der Waals surface area (Å²) in [6.45, 7) is 5.40. The van der Waals surface area contributed by atoms with Crippen molar-refractivity contribution >= 4 is 24.1 Å². The summed E-state index contributed by atoms with van der Waals surface area (Å²) in [5, 5.41) is 9.46. The summed E-state index contributed by atoms with van der Waals surface area (Å²) in [6, 6.07) is 1.45. The summed E-state index contributed by atoms with van der Waals surface area (Å²) < 4.78 is 18.1. The van der Waals surface area contributed by atoms with Gasteiger partial charge in [0, 0.05) is 12.7 Å². The van der Waals surface area contributed by atoms with Gasteiger partial charge >= 0.3 is 6.09 Å². The topological polar surface area (TPSA) is 165 Å². The first-order valence-corrected chi connectivity index (χ1v) is 9.68. The van der Waals surface area contributed by atoms with Crippen LogP contribution in [0.2, 0.25) is 0 Å². The van der Waals surface area contributed by atoms with Gasteiger partial charge in [-0.2, -0.15) is 9.49 Å². The minimum Gasteiger partial charge on any atom is -0.444 e. The van der Waals surface area contributed by atoms with E-state index in [1.807, 2.05) is 0 Å². The first-order chi connectivity index (χ1) is 14.5. The smallest absolute Gasteiger partial charge is 0.407 e. The number of nitrogens with zero attached hydrogens (tertiary/aromatic N) is 3. The van der Waals surface area contributed by atoms with Crippen LogP contribution in [0.25, 0.3) is 0 Å². The summed E-state index contributed by atoms with van der Waals surface area (Å²) in [7, 11) is 0. The Morgan fingerprint density at radius 1 is 1.32 bits per heavy atom. The summed E-state index contributed by atoms with van der Waals surface area (Å²) in [4.78, 5) is 40.1. The van der Waals surface area contributed by atoms with E-state index >= 15 is 0 Å². The molecule has 12 heteroatoms. The number of carbonyl (C=O) groups excluding carboxylic acids is 3. The van der Waals surface area contributed by atoms with Crippen molar-refractivity contribution in [1.82, 2.24) is 20.6 Å². The predicted octanol–water partition coefficient (Wildman–Crippen LogP) is 0.661. The molecule has 1 rings (SSSR count). The molecule has 11 nitrogen and oxygen atoms in total. The largest absolute Gasteiger partial charge is 0.444 e. The zero-order valence-corrected chi connectivity index (χ0v) is 17.9. The van der Waals surface area contributed by atoms with Crippen LogP contribution in [-0.2, 0) is 9.53 Å². The van der Waals surface area contributed by atoms with Crippen LogP contribution in [0.3, 0.4) is 0 Å². The number of halogens is 1. The van der Waals surface area contributed by atoms with Crippen LogP contribution in [0.5, 0.6) is 0 Å². The molecular formula is C19H30FN7O4. The third kappa shape index (κ3) is 10.9. The molecule has 1 heterocycles. The number of Topliss-reactive ketones (excluding diaryl/α,β-unsaturated/α-hetero) is 1. The van der Waals surface area contributed by atoms with Gasteiger partial charge in [-0.3, -0.25) is 14.6 Å². The number of hydrogen-bond donors (Lipinski definition) is 4. The molecule has 0 aliphatic heterocycles. The van der Waals surface area contributed by atoms with Gasteiger partial charge in [-0.1, -0.05) is 0 Å². The highest BCUT2D eigenvalue weighted by atomic mass is 19.1. The molecule has 1 aromatic heterocycles. The lowest BCUT2D eigenvalue weighted by atomic mass is 10.0. The van der Waals surface area contributed by atoms with Crippen molar-refractivity contribution in [1.29, 1.82) is 0 Å². The van der Waals surface area contributed by atoms with E-state index in [-0.39, 0.29) is 17.9 Å². The van der Waals surface area contributed by atoms with Crippen molar-refractivity contribution in [2.24, 2.45) is 16.8 Å². The second-order valence-corrected chi connectivity index (χ2v) is 7.72. The van der Waals surface area contributed by atoms with Gasteiger partial charge in [-0.25, -0.2) is 15.6 Å². The Kier molecular flexibility index (Phi) is 10.3. The van der Waals surface area contributed by atoms with E-state index in [1.165, 1.54) is 6.07 Å². The Morgan fingerprint density at radius 2 is 2.03 bits per heavy atom. The molecule has 0 unspecified atom stereocenters. The van der Waals surface area contributed by atoms with E-state index in [0.29, 0.717) is 25.8 Å². The van der Waals surface area contributed by atoms with E-state index in [0.717, 1.165) is 23.6 Å². The van der Waals surface area contributed by atoms with Crippen LogP contribution in [0.1, 0.15) is 50.4 Å². The monoisotopic (exact) mass is 439 g/mol. The molecule has 31 heavy (non-hydrogen) atoms. The second-order valence-electron chi connectivity index (χ2n) is 7.72. The molecule has 0 aliphatic carbocycles. The molecule has 1 atom stereocenters. The maximum atomic E-state index is 13.0. The SMILES string of the molecule is CC(C)(C)OC(=O)NCCCC[C@H](NC(=O)c1ccc(F)nc1)C(=O)CN(N)/C=N\N. The lowest BCUT2D eigenvalue weighted by Gasteiger charge is -2.21. The van der Waals surface area contributed by atoms with Gasteiger partial charge in [0.1, 0.15) is 11.9 Å². The van der Waals surface area contributed by atoms with Gasteiger partial charge in [0.25, 0.3) is 5.91 Å². The average Bonchev–Trinajstić information content (AvgIpc) is 2.65. The van der Waals surface area contributed by atoms with Crippen molar-refractivity contribution in [3.05, 3.63) is 29.8 Å². The first kappa shape index (κ1) is 25.8. The maximum Gasteiger partial charge on any atom is 0.407 e. The van der Waals surface area contributed by atoms with Crippen molar-refractivity contribution in [3.63, 3.8) is 0 Å². The van der Waals surface area contributed by atoms with Crippen molar-refractivity contribution in [3.8, 4) is 0 Å². The number of hydrazine groups is 1. The summed E-state index contributed by atoms with van der Waals surface area (Å²) in [5.41, 5.74) is -0.485. The molecular weight excluding hydrogens is 409 g/mol. The number of ether oxygens (including phenoxy) is 1. The van der Waals surface area contributed by atoms with E-state index in [4.69, 9.17) is 16.4 Å². The minimum atomic E-state index is -0.865. The van der Waals surface area contributed by atoms with E-state index in [2.05, 4.69) is 20.7 Å². The molecule has 0 bridgehead atoms. The zero-order valence-electron chi connectivity index (χ0n) is 17.9. The summed E-state index contributed by atoms with van der Waals surface area (Å²) in [6.07, 6.45) is 2.98. The van der Waals surface area contributed by atoms with Crippen molar-refractivity contribution in [2.45, 2.75) is 51.7 Å². The summed E-state index contributed by atoms with van der Waals surface area (Å²) in [5.74, 6) is 8.94. The van der Waals surface area contributed by atoms with Crippen molar-refractivity contribution < 1.29 is 23.5 Å². The molecule has 172 valence electrons. The van der Waals surface area contributed by atoms with Gasteiger partial charge in [-0.15, -0.1) is 0 Å². The van der Waals surface area contributed by atoms with Crippen LogP contribution >= 0.6 is 0 Å². The Labute approximate surface area is 180 Å². The molecule has 0 fully saturated rings. The molecule has 6 N–H and O–H groups in total. The molecule has 0 spiro atoms. The van der Waals surface area contributed by atoms with Crippen LogP contribution in [0, 0.1) is 5.95 Å². The molecule has 0 aliphatic rings. The number of ketones is 1. The average molecular weight is 439 g/mol. The summed E-state index contributed by atoms with van der Waals surface area (Å²) >= 11 is 0. The standard InChI is InChI=1S/C19H30FN7O4/c1-19(2,3)31-18(30)23-9-5-4-6-14(15(28)11-27(22)12-25-21)26-17(29)13-7-8-16(20)24-10-13/h7-8,10,12,14H,4-6,9,11,21-22H2,1-3H3,(H,23,30)(H,26,29)/b25-12-/t14-/m0/s1. The number of aromatic nitrogens is 1. The maximum absolute atomic E-state index is 13.0. The second kappa shape index (κ2) is 12.4. The number of hydrogen-bond acceptors (Lipinski definition) is 8. The quantitative estimate of drug-likeness (QED) is 0.0975. The molecule has 2 amide bonds. The molecule has 0 radical (unpaired) electrons. The Morgan fingerprint density at radius 3 is 2.61 bits per heavy atom. The highest BCUT2D eigenvalue weighted by Gasteiger charge is 2.22. The van der Waals surface area contributed by atoms with Crippen molar-refractivity contribution in [2.75, 3.05) is 13.1 Å². The number of amides is 2. The fourth-order valence-electron chi connectivity index (χ4n) is 2.46. The zero-order chi connectivity index (χ0) is 23.4. The number of unbranched alkanes of at least 4 members (excludes halogenated alkanes) is 1. The number of nitrogens with one attached hydrogen (secondary N) is 2. The number of hydrazone groups is 1. The fraction of sp³-hybridized carbons (Fsp3) is 0.526. The minimum absolute atomic E-state index is 0.110. The van der Waals surface area contributed by atoms with Crippen LogP contribution in [0.15, 0.2) is 23.4 Å². The lowest BCUT2D eigenvalue weighted by Crippen LogP contribution is -2.47. The van der Waals surface area contributed by atoms with E-state index in [9.17, 15) is 18.8 Å². The van der Waals surface area contributed by atoms with E-state index in [1.54, 1.807) is 20.8 Å². The number of pyridine rings is 1. The highest BCUT2D eigenvalue weighted by Crippen LogP contribution is 2.08. The van der Waals surface area contributed by atoms with E-state index < -0.39 is 29.6 Å². The first-order valence-electron chi connectivity index (χ1n) is 9.68. The van der Waals surface area contributed by atoms with Crippen LogP contribution in [0.4, 0.5) is 9.18 Å². The number of carbonyl (C=O) groups is 3. The van der Waals surface area contributed by atoms with Crippen LogP contribution < -0.4 is 22.3 Å². The third-order valence-corrected chi connectivity index (χ3v) is 3.82. The highest BCUT2D eigenvalue weighted by molar-refractivity contribution is 5.98. The Hall–Kier alpha value is -3.28. The normalized spacial score (nSPS) is 12.3. The van der Waals surface area contributed by atoms with Gasteiger partial charge in [0.2, 0.25) is 5.95 Å². The molecule has 0 saturated heterocycles.